The first kappa shape index (κ1) is 15.1. The van der Waals surface area contributed by atoms with Crippen molar-refractivity contribution in [1.29, 1.82) is 5.26 Å². The van der Waals surface area contributed by atoms with Gasteiger partial charge in [0, 0.05) is 47.9 Å². The molecule has 8 nitrogen and oxygen atoms in total. The van der Waals surface area contributed by atoms with Gasteiger partial charge >= 0.3 is 0 Å². The summed E-state index contributed by atoms with van der Waals surface area (Å²) in [5.74, 6) is 0.121. The maximum Gasteiger partial charge on any atom is 0.200 e. The Hall–Kier alpha value is -2.41. The van der Waals surface area contributed by atoms with Crippen molar-refractivity contribution in [2.24, 2.45) is 0 Å². The fourth-order valence-electron chi connectivity index (χ4n) is 3.38. The molecule has 2 N–H and O–H groups in total. The third-order valence-electron chi connectivity index (χ3n) is 4.47. The zero-order valence-corrected chi connectivity index (χ0v) is 13.4. The van der Waals surface area contributed by atoms with E-state index in [0.29, 0.717) is 18.7 Å². The number of rotatable bonds is 3. The topological polar surface area (TPSA) is 119 Å². The molecule has 1 aliphatic rings. The number of hydrogen-bond acceptors (Lipinski definition) is 6. The molecule has 0 bridgehead atoms. The summed E-state index contributed by atoms with van der Waals surface area (Å²) in [6, 6.07) is 5.69. The number of H-pyrrole nitrogens is 1. The quantitative estimate of drug-likeness (QED) is 0.690. The van der Waals surface area contributed by atoms with Gasteiger partial charge in [0.25, 0.3) is 0 Å². The van der Waals surface area contributed by atoms with Gasteiger partial charge in [-0.3, -0.25) is 4.90 Å². The molecule has 122 valence electrons. The van der Waals surface area contributed by atoms with Gasteiger partial charge in [-0.15, -0.1) is 10.2 Å². The van der Waals surface area contributed by atoms with E-state index in [2.05, 4.69) is 20.2 Å². The van der Waals surface area contributed by atoms with Gasteiger partial charge in [0.15, 0.2) is 22.1 Å². The van der Waals surface area contributed by atoms with Gasteiger partial charge in [-0.2, -0.15) is 5.26 Å². The van der Waals surface area contributed by atoms with E-state index in [1.54, 1.807) is 11.1 Å². The lowest BCUT2D eigenvalue weighted by Gasteiger charge is -2.19. The Morgan fingerprint density at radius 2 is 2.33 bits per heavy atom. The molecule has 24 heavy (non-hydrogen) atoms. The van der Waals surface area contributed by atoms with E-state index in [9.17, 15) is 8.76 Å². The van der Waals surface area contributed by atoms with Crippen molar-refractivity contribution in [2.45, 2.75) is 17.7 Å². The molecular formula is C15H14N6O2S. The van der Waals surface area contributed by atoms with Crippen molar-refractivity contribution in [3.63, 3.8) is 0 Å². The third-order valence-corrected chi connectivity index (χ3v) is 5.25. The minimum absolute atomic E-state index is 0.121. The Kier molecular flexibility index (Phi) is 3.72. The van der Waals surface area contributed by atoms with Crippen molar-refractivity contribution >= 4 is 33.0 Å². The van der Waals surface area contributed by atoms with E-state index in [0.717, 1.165) is 28.4 Å². The van der Waals surface area contributed by atoms with Crippen LogP contribution in [0, 0.1) is 11.3 Å². The van der Waals surface area contributed by atoms with Crippen molar-refractivity contribution in [3.8, 4) is 6.07 Å². The summed E-state index contributed by atoms with van der Waals surface area (Å²) >= 11 is -2.19. The summed E-state index contributed by atoms with van der Waals surface area (Å²) in [5.41, 5.74) is 2.39. The van der Waals surface area contributed by atoms with E-state index in [1.807, 2.05) is 24.4 Å². The normalized spacial score (nSPS) is 21.1. The average molecular weight is 342 g/mol. The Balaban J connectivity index is 1.77. The van der Waals surface area contributed by atoms with Gasteiger partial charge in [0.2, 0.25) is 0 Å². The maximum atomic E-state index is 11.3. The molecule has 4 heterocycles. The van der Waals surface area contributed by atoms with Gasteiger partial charge < -0.3 is 9.54 Å². The van der Waals surface area contributed by atoms with Crippen LogP contribution in [0.5, 0.6) is 0 Å². The van der Waals surface area contributed by atoms with Crippen molar-refractivity contribution in [1.82, 2.24) is 25.1 Å². The first-order valence-corrected chi connectivity index (χ1v) is 8.67. The fraction of sp³-hybridized carbons (Fsp3) is 0.333. The minimum atomic E-state index is -2.19. The first-order chi connectivity index (χ1) is 11.7. The van der Waals surface area contributed by atoms with Crippen molar-refractivity contribution < 1.29 is 8.76 Å². The Morgan fingerprint density at radius 3 is 3.12 bits per heavy atom. The van der Waals surface area contributed by atoms with Crippen LogP contribution < -0.4 is 0 Å². The highest BCUT2D eigenvalue weighted by molar-refractivity contribution is 7.80. The smallest absolute Gasteiger partial charge is 0.200 e. The van der Waals surface area contributed by atoms with Crippen LogP contribution in [0.25, 0.3) is 21.9 Å². The second-order valence-corrected chi connectivity index (χ2v) is 6.77. The standard InChI is InChI=1S/C15H14N6O2S/c16-7-12(24(22)23)21-6-3-9(8-21)14-13-10-1-4-18-15(10)20-19-11(13)2-5-17-14/h1-2,4-5,9,12,17H,3,6,8H2,(H,22,23). The highest BCUT2D eigenvalue weighted by atomic mass is 32.2. The molecule has 3 atom stereocenters. The Morgan fingerprint density at radius 1 is 1.46 bits per heavy atom. The number of hydrogen-bond donors (Lipinski definition) is 2. The van der Waals surface area contributed by atoms with Gasteiger partial charge in [-0.1, -0.05) is 0 Å². The highest BCUT2D eigenvalue weighted by Gasteiger charge is 2.33. The molecule has 1 saturated heterocycles. The van der Waals surface area contributed by atoms with E-state index in [1.165, 1.54) is 0 Å². The predicted molar refractivity (Wildman–Crippen MR) is 88.3 cm³/mol. The summed E-state index contributed by atoms with van der Waals surface area (Å²) in [4.78, 5) is 9.25. The van der Waals surface area contributed by atoms with Gasteiger partial charge in [-0.25, -0.2) is 9.19 Å². The van der Waals surface area contributed by atoms with Crippen LogP contribution in [0.1, 0.15) is 18.0 Å². The second kappa shape index (κ2) is 5.90. The van der Waals surface area contributed by atoms with Crippen LogP contribution in [0.15, 0.2) is 24.5 Å². The lowest BCUT2D eigenvalue weighted by atomic mass is 9.99. The number of nitrogens with zero attached hydrogens (tertiary/aromatic N) is 5. The van der Waals surface area contributed by atoms with Crippen LogP contribution in [-0.4, -0.2) is 52.3 Å². The molecule has 3 aromatic rings. The molecule has 3 unspecified atom stereocenters. The van der Waals surface area contributed by atoms with E-state index >= 15 is 0 Å². The van der Waals surface area contributed by atoms with Crippen molar-refractivity contribution in [3.05, 3.63) is 30.2 Å². The summed E-state index contributed by atoms with van der Waals surface area (Å²) in [6.07, 6.45) is 4.32. The molecule has 9 heteroatoms. The third kappa shape index (κ3) is 2.36. The zero-order valence-electron chi connectivity index (χ0n) is 12.6. The average Bonchev–Trinajstić information content (AvgIpc) is 3.23. The van der Waals surface area contributed by atoms with Crippen LogP contribution in [-0.2, 0) is 11.1 Å². The number of aromatic amines is 1. The summed E-state index contributed by atoms with van der Waals surface area (Å²) in [7, 11) is 0. The lowest BCUT2D eigenvalue weighted by molar-refractivity contribution is 0.335. The van der Waals surface area contributed by atoms with Crippen LogP contribution in [0.3, 0.4) is 0 Å². The van der Waals surface area contributed by atoms with Gasteiger partial charge in [0.1, 0.15) is 0 Å². The van der Waals surface area contributed by atoms with E-state index in [-0.39, 0.29) is 5.92 Å². The number of likely N-dealkylation sites (tertiary alicyclic amines) is 1. The second-order valence-electron chi connectivity index (χ2n) is 5.77. The number of aromatic nitrogens is 4. The SMILES string of the molecule is N#CC(N1CCC(c2[nH]ccc3nnc4nccc4c23)C1)S(=O)O. The van der Waals surface area contributed by atoms with Gasteiger partial charge in [0.05, 0.1) is 11.6 Å². The highest BCUT2D eigenvalue weighted by Crippen LogP contribution is 2.34. The number of pyridine rings is 1. The number of fused-ring (bicyclic) bond motifs is 3. The minimum Gasteiger partial charge on any atom is -0.364 e. The summed E-state index contributed by atoms with van der Waals surface area (Å²) in [6.45, 7) is 1.14. The van der Waals surface area contributed by atoms with Crippen molar-refractivity contribution in [2.75, 3.05) is 13.1 Å². The molecule has 0 aliphatic carbocycles. The molecule has 0 saturated carbocycles. The molecule has 4 rings (SSSR count). The molecular weight excluding hydrogens is 328 g/mol. The molecule has 3 aromatic heterocycles. The van der Waals surface area contributed by atoms with E-state index < -0.39 is 16.5 Å². The van der Waals surface area contributed by atoms with Crippen LogP contribution in [0.2, 0.25) is 0 Å². The molecule has 0 aromatic carbocycles. The summed E-state index contributed by atoms with van der Waals surface area (Å²) < 4.78 is 20.6. The number of nitrogens with one attached hydrogen (secondary N) is 1. The first-order valence-electron chi connectivity index (χ1n) is 7.50. The summed E-state index contributed by atoms with van der Waals surface area (Å²) in [5, 5.41) is 18.4. The van der Waals surface area contributed by atoms with Crippen LogP contribution in [0.4, 0.5) is 0 Å². The van der Waals surface area contributed by atoms with E-state index in [4.69, 9.17) is 5.26 Å². The largest absolute Gasteiger partial charge is 0.364 e. The molecule has 0 spiro atoms. The Labute approximate surface area is 139 Å². The lowest BCUT2D eigenvalue weighted by Crippen LogP contribution is -2.35. The number of nitriles is 1. The fourth-order valence-corrected chi connectivity index (χ4v) is 3.92. The van der Waals surface area contributed by atoms with Crippen LogP contribution >= 0.6 is 0 Å². The van der Waals surface area contributed by atoms with Gasteiger partial charge in [-0.05, 0) is 18.6 Å². The maximum absolute atomic E-state index is 11.3. The zero-order chi connectivity index (χ0) is 16.7. The monoisotopic (exact) mass is 342 g/mol. The Bertz CT molecular complexity index is 981. The molecule has 0 radical (unpaired) electrons. The molecule has 0 amide bonds. The molecule has 1 fully saturated rings. The predicted octanol–water partition coefficient (Wildman–Crippen LogP) is 1.37. The molecule has 1 aliphatic heterocycles.